The summed E-state index contributed by atoms with van der Waals surface area (Å²) in [6.45, 7) is 0. The number of nitrogens with zero attached hydrogens (tertiary/aromatic N) is 3. The van der Waals surface area contributed by atoms with Gasteiger partial charge in [0.15, 0.2) is 0 Å². The SMILES string of the molecule is Nc1ccnc(Oc2c(Cl)cccc2[N+](=O)[O-])n1. The van der Waals surface area contributed by atoms with Gasteiger partial charge in [-0.05, 0) is 12.1 Å². The van der Waals surface area contributed by atoms with Crippen LogP contribution in [0.25, 0.3) is 0 Å². The van der Waals surface area contributed by atoms with Crippen LogP contribution in [0.15, 0.2) is 30.5 Å². The van der Waals surface area contributed by atoms with Crippen LogP contribution < -0.4 is 10.5 Å². The first kappa shape index (κ1) is 12.1. The van der Waals surface area contributed by atoms with E-state index < -0.39 is 4.92 Å². The molecule has 0 fully saturated rings. The number of ether oxygens (including phenoxy) is 1. The Kier molecular flexibility index (Phi) is 3.24. The molecular formula is C10H7ClN4O3. The van der Waals surface area contributed by atoms with Gasteiger partial charge in [0.25, 0.3) is 0 Å². The zero-order chi connectivity index (χ0) is 13.1. The van der Waals surface area contributed by atoms with Crippen LogP contribution in [0.2, 0.25) is 5.02 Å². The Labute approximate surface area is 106 Å². The van der Waals surface area contributed by atoms with Crippen LogP contribution in [-0.4, -0.2) is 14.9 Å². The smallest absolute Gasteiger partial charge is 0.324 e. The molecule has 2 aromatic rings. The Morgan fingerprint density at radius 2 is 2.17 bits per heavy atom. The molecule has 1 heterocycles. The second-order valence-electron chi connectivity index (χ2n) is 3.21. The molecule has 0 spiro atoms. The standard InChI is InChI=1S/C10H7ClN4O3/c11-6-2-1-3-7(15(16)17)9(6)18-10-13-5-4-8(12)14-10/h1-5H,(H2,12,13,14). The number of hydrogen-bond donors (Lipinski definition) is 1. The molecule has 0 saturated carbocycles. The summed E-state index contributed by atoms with van der Waals surface area (Å²) in [5.74, 6) is 0.0736. The van der Waals surface area contributed by atoms with Crippen molar-refractivity contribution in [3.8, 4) is 11.8 Å². The normalized spacial score (nSPS) is 10.1. The van der Waals surface area contributed by atoms with E-state index in [1.165, 1.54) is 30.5 Å². The Balaban J connectivity index is 2.42. The van der Waals surface area contributed by atoms with Gasteiger partial charge in [0.05, 0.1) is 9.95 Å². The lowest BCUT2D eigenvalue weighted by atomic mass is 10.3. The number of nitro benzene ring substituents is 1. The molecule has 0 atom stereocenters. The summed E-state index contributed by atoms with van der Waals surface area (Å²) in [5, 5.41) is 10.9. The maximum Gasteiger partial charge on any atom is 0.324 e. The first-order chi connectivity index (χ1) is 8.58. The van der Waals surface area contributed by atoms with Crippen LogP contribution in [0.5, 0.6) is 11.8 Å². The van der Waals surface area contributed by atoms with Crippen molar-refractivity contribution in [3.05, 3.63) is 45.6 Å². The average Bonchev–Trinajstić information content (AvgIpc) is 2.31. The third-order valence-corrected chi connectivity index (χ3v) is 2.29. The number of nitrogen functional groups attached to an aromatic ring is 1. The average molecular weight is 267 g/mol. The molecule has 0 aliphatic carbocycles. The lowest BCUT2D eigenvalue weighted by molar-refractivity contribution is -0.385. The fourth-order valence-corrected chi connectivity index (χ4v) is 1.44. The number of para-hydroxylation sites is 1. The van der Waals surface area contributed by atoms with Crippen LogP contribution in [0, 0.1) is 10.1 Å². The molecule has 0 radical (unpaired) electrons. The molecule has 1 aromatic carbocycles. The molecule has 18 heavy (non-hydrogen) atoms. The highest BCUT2D eigenvalue weighted by Crippen LogP contribution is 2.36. The van der Waals surface area contributed by atoms with Crippen molar-refractivity contribution in [3.63, 3.8) is 0 Å². The topological polar surface area (TPSA) is 104 Å². The number of anilines is 1. The van der Waals surface area contributed by atoms with Crippen LogP contribution in [0.3, 0.4) is 0 Å². The van der Waals surface area contributed by atoms with E-state index in [-0.39, 0.29) is 28.3 Å². The van der Waals surface area contributed by atoms with Crippen LogP contribution >= 0.6 is 11.6 Å². The van der Waals surface area contributed by atoms with Crippen LogP contribution in [-0.2, 0) is 0 Å². The third kappa shape index (κ3) is 2.46. The largest absolute Gasteiger partial charge is 0.415 e. The van der Waals surface area contributed by atoms with Gasteiger partial charge < -0.3 is 10.5 Å². The van der Waals surface area contributed by atoms with Crippen molar-refractivity contribution in [2.24, 2.45) is 0 Å². The van der Waals surface area contributed by atoms with Gasteiger partial charge in [-0.15, -0.1) is 0 Å². The summed E-state index contributed by atoms with van der Waals surface area (Å²) in [6.07, 6.45) is 1.38. The van der Waals surface area contributed by atoms with E-state index in [2.05, 4.69) is 9.97 Å². The molecule has 2 N–H and O–H groups in total. The molecule has 1 aromatic heterocycles. The summed E-state index contributed by atoms with van der Waals surface area (Å²) < 4.78 is 5.21. The molecule has 0 amide bonds. The molecule has 92 valence electrons. The van der Waals surface area contributed by atoms with Gasteiger partial charge in [-0.1, -0.05) is 17.7 Å². The van der Waals surface area contributed by atoms with E-state index in [1.807, 2.05) is 0 Å². The van der Waals surface area contributed by atoms with Crippen molar-refractivity contribution >= 4 is 23.1 Å². The van der Waals surface area contributed by atoms with E-state index in [1.54, 1.807) is 0 Å². The molecule has 2 rings (SSSR count). The molecule has 0 aliphatic rings. The minimum absolute atomic E-state index is 0.0928. The summed E-state index contributed by atoms with van der Waals surface area (Å²) in [5.41, 5.74) is 5.18. The fourth-order valence-electron chi connectivity index (χ4n) is 1.24. The number of aromatic nitrogens is 2. The van der Waals surface area contributed by atoms with E-state index in [9.17, 15) is 10.1 Å². The maximum absolute atomic E-state index is 10.8. The zero-order valence-corrected chi connectivity index (χ0v) is 9.66. The minimum Gasteiger partial charge on any atom is -0.415 e. The number of hydrogen-bond acceptors (Lipinski definition) is 6. The van der Waals surface area contributed by atoms with Gasteiger partial charge in [-0.3, -0.25) is 10.1 Å². The van der Waals surface area contributed by atoms with E-state index >= 15 is 0 Å². The van der Waals surface area contributed by atoms with Gasteiger partial charge in [0.1, 0.15) is 5.82 Å². The molecule has 8 heteroatoms. The van der Waals surface area contributed by atoms with Crippen molar-refractivity contribution < 1.29 is 9.66 Å². The molecular weight excluding hydrogens is 260 g/mol. The fraction of sp³-hybridized carbons (Fsp3) is 0. The molecule has 0 aliphatic heterocycles. The van der Waals surface area contributed by atoms with Gasteiger partial charge in [0, 0.05) is 12.3 Å². The van der Waals surface area contributed by atoms with Crippen molar-refractivity contribution in [1.29, 1.82) is 0 Å². The Hall–Kier alpha value is -2.41. The summed E-state index contributed by atoms with van der Waals surface area (Å²) >= 11 is 5.85. The highest BCUT2D eigenvalue weighted by molar-refractivity contribution is 6.32. The van der Waals surface area contributed by atoms with Crippen molar-refractivity contribution in [2.75, 3.05) is 5.73 Å². The first-order valence-electron chi connectivity index (χ1n) is 4.77. The summed E-state index contributed by atoms with van der Waals surface area (Å²) in [4.78, 5) is 17.8. The van der Waals surface area contributed by atoms with Gasteiger partial charge >= 0.3 is 11.7 Å². The number of rotatable bonds is 3. The highest BCUT2D eigenvalue weighted by atomic mass is 35.5. The van der Waals surface area contributed by atoms with Crippen molar-refractivity contribution in [2.45, 2.75) is 0 Å². The second-order valence-corrected chi connectivity index (χ2v) is 3.62. The van der Waals surface area contributed by atoms with Gasteiger partial charge in [-0.25, -0.2) is 4.98 Å². The third-order valence-electron chi connectivity index (χ3n) is 1.99. The Bertz CT molecular complexity index is 605. The van der Waals surface area contributed by atoms with E-state index in [0.717, 1.165) is 0 Å². The molecule has 0 unspecified atom stereocenters. The summed E-state index contributed by atoms with van der Waals surface area (Å²) in [7, 11) is 0. The van der Waals surface area contributed by atoms with Gasteiger partial charge in [0.2, 0.25) is 5.75 Å². The molecule has 0 bridgehead atoms. The van der Waals surface area contributed by atoms with Crippen LogP contribution in [0.4, 0.5) is 11.5 Å². The summed E-state index contributed by atoms with van der Waals surface area (Å²) in [6, 6.07) is 5.55. The number of nitrogens with two attached hydrogens (primary N) is 1. The predicted molar refractivity (Wildman–Crippen MR) is 64.6 cm³/mol. The Morgan fingerprint density at radius 3 is 2.83 bits per heavy atom. The second kappa shape index (κ2) is 4.84. The number of benzene rings is 1. The number of nitro groups is 1. The highest BCUT2D eigenvalue weighted by Gasteiger charge is 2.19. The maximum atomic E-state index is 10.8. The molecule has 7 nitrogen and oxygen atoms in total. The molecule has 0 saturated heterocycles. The Morgan fingerprint density at radius 1 is 1.39 bits per heavy atom. The zero-order valence-electron chi connectivity index (χ0n) is 8.91. The lowest BCUT2D eigenvalue weighted by Crippen LogP contribution is -1.98. The lowest BCUT2D eigenvalue weighted by Gasteiger charge is -2.06. The van der Waals surface area contributed by atoms with Crippen molar-refractivity contribution in [1.82, 2.24) is 9.97 Å². The first-order valence-corrected chi connectivity index (χ1v) is 5.15. The van der Waals surface area contributed by atoms with Crippen LogP contribution in [0.1, 0.15) is 0 Å². The van der Waals surface area contributed by atoms with E-state index in [0.29, 0.717) is 0 Å². The van der Waals surface area contributed by atoms with Gasteiger partial charge in [-0.2, -0.15) is 4.98 Å². The monoisotopic (exact) mass is 266 g/mol. The number of halogens is 1. The van der Waals surface area contributed by atoms with E-state index in [4.69, 9.17) is 22.1 Å². The minimum atomic E-state index is -0.604. The predicted octanol–water partition coefficient (Wildman–Crippen LogP) is 2.41. The quantitative estimate of drug-likeness (QED) is 0.676.